The van der Waals surface area contributed by atoms with Crippen molar-refractivity contribution in [3.8, 4) is 0 Å². The van der Waals surface area contributed by atoms with Crippen LogP contribution in [-0.4, -0.2) is 68.1 Å². The molecule has 0 N–H and O–H groups in total. The van der Waals surface area contributed by atoms with Crippen molar-refractivity contribution in [1.29, 1.82) is 0 Å². The second-order valence-electron chi connectivity index (χ2n) is 10.4. The summed E-state index contributed by atoms with van der Waals surface area (Å²) in [5.74, 6) is 1.60. The highest BCUT2D eigenvalue weighted by Crippen LogP contribution is 2.39. The number of hydrogen-bond acceptors (Lipinski definition) is 5. The molecule has 2 aromatic rings. The van der Waals surface area contributed by atoms with Crippen LogP contribution < -0.4 is 4.90 Å². The van der Waals surface area contributed by atoms with Gasteiger partial charge in [-0.1, -0.05) is 41.9 Å². The van der Waals surface area contributed by atoms with Crippen LogP contribution >= 0.6 is 23.2 Å². The quantitative estimate of drug-likeness (QED) is 0.358. The maximum Gasteiger partial charge on any atom is 0.259 e. The Hall–Kier alpha value is -2.28. The summed E-state index contributed by atoms with van der Waals surface area (Å²) < 4.78 is 6.08. The van der Waals surface area contributed by atoms with E-state index in [1.54, 1.807) is 0 Å². The molecule has 2 aliphatic rings. The van der Waals surface area contributed by atoms with Gasteiger partial charge in [0.2, 0.25) is 0 Å². The van der Waals surface area contributed by atoms with Crippen LogP contribution in [0.3, 0.4) is 0 Å². The van der Waals surface area contributed by atoms with E-state index in [0.717, 1.165) is 74.4 Å². The van der Waals surface area contributed by atoms with E-state index in [0.29, 0.717) is 29.1 Å². The van der Waals surface area contributed by atoms with Crippen LogP contribution in [0, 0.1) is 5.92 Å². The molecule has 2 saturated heterocycles. The standard InChI is InChI=1S/C29H38Cl2N4O2/c1-21(33(2)3)25-11-12-26(32-27(25)31)35-17-13-22(14-18-35)8-6-16-34(4)28(36)29(15-7-19-37-29)23-9-5-10-24(30)20-23/h5,9-12,20,22H,1,6-8,13-19H2,2-4H3/t29-/m0/s1. The minimum atomic E-state index is -0.909. The van der Waals surface area contributed by atoms with Gasteiger partial charge in [-0.25, -0.2) is 4.98 Å². The molecule has 8 heteroatoms. The number of nitrogens with zero attached hydrogens (tertiary/aromatic N) is 4. The van der Waals surface area contributed by atoms with Crippen LogP contribution in [-0.2, 0) is 15.1 Å². The summed E-state index contributed by atoms with van der Waals surface area (Å²) in [6.45, 7) is 7.32. The molecule has 200 valence electrons. The number of ether oxygens (including phenoxy) is 1. The van der Waals surface area contributed by atoms with E-state index < -0.39 is 5.60 Å². The van der Waals surface area contributed by atoms with Gasteiger partial charge in [0.25, 0.3) is 5.91 Å². The maximum atomic E-state index is 13.5. The molecule has 1 aromatic carbocycles. The highest BCUT2D eigenvalue weighted by Gasteiger charge is 2.46. The number of likely N-dealkylation sites (N-methyl/N-ethyl adjacent to an activating group) is 1. The molecule has 0 unspecified atom stereocenters. The molecule has 6 nitrogen and oxygen atoms in total. The van der Waals surface area contributed by atoms with Crippen molar-refractivity contribution in [1.82, 2.24) is 14.8 Å². The molecule has 2 aliphatic heterocycles. The number of rotatable bonds is 9. The van der Waals surface area contributed by atoms with Gasteiger partial charge in [0.15, 0.2) is 5.60 Å². The Bertz CT molecular complexity index is 1110. The zero-order chi connectivity index (χ0) is 26.6. The first-order valence-corrected chi connectivity index (χ1v) is 13.9. The first kappa shape index (κ1) is 27.7. The lowest BCUT2D eigenvalue weighted by molar-refractivity contribution is -0.153. The summed E-state index contributed by atoms with van der Waals surface area (Å²) >= 11 is 12.7. The average molecular weight is 546 g/mol. The number of carbonyl (C=O) groups excluding carboxylic acids is 1. The molecule has 1 atom stereocenters. The van der Waals surface area contributed by atoms with Crippen molar-refractivity contribution in [2.24, 2.45) is 5.92 Å². The molecular weight excluding hydrogens is 507 g/mol. The number of carbonyl (C=O) groups is 1. The molecule has 0 spiro atoms. The van der Waals surface area contributed by atoms with E-state index in [9.17, 15) is 4.79 Å². The van der Waals surface area contributed by atoms with Crippen LogP contribution in [0.5, 0.6) is 0 Å². The number of benzene rings is 1. The van der Waals surface area contributed by atoms with Crippen molar-refractivity contribution >= 4 is 40.6 Å². The molecule has 4 rings (SSSR count). The Kier molecular flexibility index (Phi) is 9.04. The van der Waals surface area contributed by atoms with Gasteiger partial charge in [-0.15, -0.1) is 0 Å². The number of halogens is 2. The number of hydrogen-bond donors (Lipinski definition) is 0. The first-order chi connectivity index (χ1) is 17.7. The minimum Gasteiger partial charge on any atom is -0.378 e. The molecule has 1 amide bonds. The third-order valence-corrected chi connectivity index (χ3v) is 8.26. The van der Waals surface area contributed by atoms with Crippen molar-refractivity contribution in [2.75, 3.05) is 52.3 Å². The third kappa shape index (κ3) is 6.24. The predicted molar refractivity (Wildman–Crippen MR) is 152 cm³/mol. The number of amides is 1. The number of aromatic nitrogens is 1. The van der Waals surface area contributed by atoms with Crippen LogP contribution in [0.25, 0.3) is 5.70 Å². The number of anilines is 1. The van der Waals surface area contributed by atoms with E-state index in [4.69, 9.17) is 27.9 Å². The molecule has 2 fully saturated rings. The van der Waals surface area contributed by atoms with Crippen LogP contribution in [0.4, 0.5) is 5.82 Å². The lowest BCUT2D eigenvalue weighted by Crippen LogP contribution is -2.45. The summed E-state index contributed by atoms with van der Waals surface area (Å²) in [7, 11) is 5.79. The van der Waals surface area contributed by atoms with Crippen LogP contribution in [0.1, 0.15) is 49.7 Å². The van der Waals surface area contributed by atoms with Crippen molar-refractivity contribution in [2.45, 2.75) is 44.1 Å². The number of piperidine rings is 1. The van der Waals surface area contributed by atoms with Gasteiger partial charge < -0.3 is 19.4 Å². The van der Waals surface area contributed by atoms with Crippen molar-refractivity contribution in [3.05, 3.63) is 64.3 Å². The Morgan fingerprint density at radius 3 is 2.57 bits per heavy atom. The summed E-state index contributed by atoms with van der Waals surface area (Å²) in [6.07, 6.45) is 5.86. The number of pyridine rings is 1. The SMILES string of the molecule is C=C(c1ccc(N2CCC(CCCN(C)C(=O)[C@@]3(c4cccc(Cl)c4)CCCO3)CC2)nc1Cl)N(C)C. The van der Waals surface area contributed by atoms with E-state index in [-0.39, 0.29) is 5.91 Å². The summed E-state index contributed by atoms with van der Waals surface area (Å²) in [5.41, 5.74) is 1.66. The highest BCUT2D eigenvalue weighted by molar-refractivity contribution is 6.31. The molecule has 1 aromatic heterocycles. The van der Waals surface area contributed by atoms with Crippen molar-refractivity contribution in [3.63, 3.8) is 0 Å². The maximum absolute atomic E-state index is 13.5. The molecule has 0 saturated carbocycles. The fourth-order valence-electron chi connectivity index (χ4n) is 5.43. The largest absolute Gasteiger partial charge is 0.378 e. The van der Waals surface area contributed by atoms with Gasteiger partial charge in [0, 0.05) is 63.7 Å². The van der Waals surface area contributed by atoms with Gasteiger partial charge >= 0.3 is 0 Å². The topological polar surface area (TPSA) is 48.9 Å². The van der Waals surface area contributed by atoms with Gasteiger partial charge in [0.1, 0.15) is 11.0 Å². The van der Waals surface area contributed by atoms with Gasteiger partial charge in [-0.05, 0) is 74.3 Å². The lowest BCUT2D eigenvalue weighted by atomic mass is 9.89. The zero-order valence-electron chi connectivity index (χ0n) is 22.2. The van der Waals surface area contributed by atoms with Crippen molar-refractivity contribution < 1.29 is 9.53 Å². The molecule has 37 heavy (non-hydrogen) atoms. The smallest absolute Gasteiger partial charge is 0.259 e. The molecule has 0 aliphatic carbocycles. The molecular formula is C29H38Cl2N4O2. The van der Waals surface area contributed by atoms with E-state index in [1.807, 2.05) is 67.3 Å². The molecule has 0 radical (unpaired) electrons. The normalized spacial score (nSPS) is 20.2. The Morgan fingerprint density at radius 2 is 1.95 bits per heavy atom. The monoisotopic (exact) mass is 544 g/mol. The highest BCUT2D eigenvalue weighted by atomic mass is 35.5. The minimum absolute atomic E-state index is 0.0328. The fraction of sp³-hybridized carbons (Fsp3) is 0.517. The van der Waals surface area contributed by atoms with Gasteiger partial charge in [-0.3, -0.25) is 4.79 Å². The van der Waals surface area contributed by atoms with Crippen LogP contribution in [0.15, 0.2) is 43.0 Å². The second-order valence-corrected chi connectivity index (χ2v) is 11.2. The Morgan fingerprint density at radius 1 is 1.19 bits per heavy atom. The first-order valence-electron chi connectivity index (χ1n) is 13.1. The van der Waals surface area contributed by atoms with Crippen LogP contribution in [0.2, 0.25) is 10.2 Å². The Labute approximate surface area is 231 Å². The summed E-state index contributed by atoms with van der Waals surface area (Å²) in [6, 6.07) is 11.6. The van der Waals surface area contributed by atoms with Gasteiger partial charge in [0.05, 0.1) is 0 Å². The average Bonchev–Trinajstić information content (AvgIpc) is 3.39. The lowest BCUT2D eigenvalue weighted by Gasteiger charge is -2.34. The van der Waals surface area contributed by atoms with E-state index >= 15 is 0 Å². The molecule has 3 heterocycles. The Balaban J connectivity index is 1.27. The zero-order valence-corrected chi connectivity index (χ0v) is 23.7. The third-order valence-electron chi connectivity index (χ3n) is 7.73. The van der Waals surface area contributed by atoms with Gasteiger partial charge in [-0.2, -0.15) is 0 Å². The summed E-state index contributed by atoms with van der Waals surface area (Å²) in [4.78, 5) is 24.3. The summed E-state index contributed by atoms with van der Waals surface area (Å²) in [5, 5.41) is 1.12. The molecule has 0 bridgehead atoms. The van der Waals surface area contributed by atoms with E-state index in [1.165, 1.54) is 0 Å². The second kappa shape index (κ2) is 12.1. The fourth-order valence-corrected chi connectivity index (χ4v) is 5.88. The predicted octanol–water partition coefficient (Wildman–Crippen LogP) is 6.08. The van der Waals surface area contributed by atoms with E-state index in [2.05, 4.69) is 16.5 Å².